The van der Waals surface area contributed by atoms with Gasteiger partial charge in [-0.3, -0.25) is 4.99 Å². The Hall–Kier alpha value is -1.64. The Morgan fingerprint density at radius 2 is 2.12 bits per heavy atom. The van der Waals surface area contributed by atoms with Gasteiger partial charge in [0, 0.05) is 0 Å². The summed E-state index contributed by atoms with van der Waals surface area (Å²) in [6, 6.07) is 9.84. The fourth-order valence-electron chi connectivity index (χ4n) is 1.34. The molecule has 0 fully saturated rings. The molecule has 0 aromatic heterocycles. The zero-order valence-corrected chi connectivity index (χ0v) is 10.4. The highest BCUT2D eigenvalue weighted by Gasteiger charge is 2.02. The van der Waals surface area contributed by atoms with Crippen molar-refractivity contribution >= 4 is 12.2 Å². The fourth-order valence-corrected chi connectivity index (χ4v) is 1.34. The van der Waals surface area contributed by atoms with E-state index in [0.717, 1.165) is 18.4 Å². The maximum Gasteiger partial charge on any atom is 0.348 e. The van der Waals surface area contributed by atoms with Crippen LogP contribution in [-0.4, -0.2) is 18.8 Å². The Morgan fingerprint density at radius 1 is 1.41 bits per heavy atom. The van der Waals surface area contributed by atoms with Crippen molar-refractivity contribution in [2.24, 2.45) is 4.99 Å². The average molecular weight is 233 g/mol. The topological polar surface area (TPSA) is 38.7 Å². The second-order valence-corrected chi connectivity index (χ2v) is 3.89. The molecule has 1 atom stereocenters. The van der Waals surface area contributed by atoms with E-state index in [9.17, 15) is 4.79 Å². The van der Waals surface area contributed by atoms with E-state index in [1.54, 1.807) is 0 Å². The van der Waals surface area contributed by atoms with Gasteiger partial charge in [0.1, 0.15) is 6.21 Å². The number of hydrogen-bond acceptors (Lipinski definition) is 3. The summed E-state index contributed by atoms with van der Waals surface area (Å²) in [6.07, 6.45) is 3.19. The van der Waals surface area contributed by atoms with Gasteiger partial charge < -0.3 is 4.74 Å². The second kappa shape index (κ2) is 7.60. The van der Waals surface area contributed by atoms with Crippen molar-refractivity contribution in [2.45, 2.75) is 32.7 Å². The lowest BCUT2D eigenvalue weighted by molar-refractivity contribution is -0.135. The predicted molar refractivity (Wildman–Crippen MR) is 69.2 cm³/mol. The SMILES string of the molecule is CCCCOC(=O)C=NC(C)c1ccccc1. The number of carbonyl (C=O) groups is 1. The summed E-state index contributed by atoms with van der Waals surface area (Å²) in [5.74, 6) is -0.360. The van der Waals surface area contributed by atoms with Crippen molar-refractivity contribution in [3.63, 3.8) is 0 Å². The van der Waals surface area contributed by atoms with Crippen LogP contribution in [0.5, 0.6) is 0 Å². The highest BCUT2D eigenvalue weighted by atomic mass is 16.5. The second-order valence-electron chi connectivity index (χ2n) is 3.89. The maximum atomic E-state index is 11.3. The molecule has 0 spiro atoms. The summed E-state index contributed by atoms with van der Waals surface area (Å²) < 4.78 is 4.98. The van der Waals surface area contributed by atoms with Crippen molar-refractivity contribution in [1.82, 2.24) is 0 Å². The smallest absolute Gasteiger partial charge is 0.348 e. The Kier molecular flexibility index (Phi) is 6.00. The third kappa shape index (κ3) is 5.29. The molecule has 92 valence electrons. The van der Waals surface area contributed by atoms with Crippen molar-refractivity contribution in [3.8, 4) is 0 Å². The van der Waals surface area contributed by atoms with Crippen LogP contribution in [0.15, 0.2) is 35.3 Å². The van der Waals surface area contributed by atoms with Crippen LogP contribution < -0.4 is 0 Å². The van der Waals surface area contributed by atoms with E-state index in [-0.39, 0.29) is 12.0 Å². The van der Waals surface area contributed by atoms with Gasteiger partial charge in [-0.2, -0.15) is 0 Å². The summed E-state index contributed by atoms with van der Waals surface area (Å²) in [4.78, 5) is 15.5. The van der Waals surface area contributed by atoms with Gasteiger partial charge >= 0.3 is 5.97 Å². The molecule has 1 aromatic rings. The van der Waals surface area contributed by atoms with E-state index in [0.29, 0.717) is 6.61 Å². The van der Waals surface area contributed by atoms with Gasteiger partial charge in [0.2, 0.25) is 0 Å². The molecule has 0 bridgehead atoms. The highest BCUT2D eigenvalue weighted by Crippen LogP contribution is 2.14. The van der Waals surface area contributed by atoms with E-state index in [4.69, 9.17) is 4.74 Å². The number of nitrogens with zero attached hydrogens (tertiary/aromatic N) is 1. The van der Waals surface area contributed by atoms with Crippen LogP contribution in [0.3, 0.4) is 0 Å². The van der Waals surface area contributed by atoms with Gasteiger partial charge in [-0.1, -0.05) is 43.7 Å². The molecule has 0 heterocycles. The summed E-state index contributed by atoms with van der Waals surface area (Å²) in [7, 11) is 0. The molecule has 0 aliphatic heterocycles. The molecule has 1 aromatic carbocycles. The Morgan fingerprint density at radius 3 is 2.76 bits per heavy atom. The summed E-state index contributed by atoms with van der Waals surface area (Å²) in [5, 5.41) is 0. The summed E-state index contributed by atoms with van der Waals surface area (Å²) in [5.41, 5.74) is 1.09. The molecule has 0 amide bonds. The molecule has 1 rings (SSSR count). The highest BCUT2D eigenvalue weighted by molar-refractivity contribution is 6.23. The van der Waals surface area contributed by atoms with E-state index < -0.39 is 0 Å². The Balaban J connectivity index is 2.40. The molecular weight excluding hydrogens is 214 g/mol. The number of aliphatic imine (C=N–C) groups is 1. The van der Waals surface area contributed by atoms with Gasteiger partial charge in [0.25, 0.3) is 0 Å². The summed E-state index contributed by atoms with van der Waals surface area (Å²) >= 11 is 0. The zero-order valence-electron chi connectivity index (χ0n) is 10.4. The number of rotatable bonds is 6. The first-order chi connectivity index (χ1) is 8.24. The standard InChI is InChI=1S/C14H19NO2/c1-3-4-10-17-14(16)11-15-12(2)13-8-6-5-7-9-13/h5-9,11-12H,3-4,10H2,1-2H3. The molecule has 0 saturated heterocycles. The van der Waals surface area contributed by atoms with Gasteiger partial charge in [-0.25, -0.2) is 4.79 Å². The quantitative estimate of drug-likeness (QED) is 0.430. The Bertz CT molecular complexity index is 360. The van der Waals surface area contributed by atoms with Crippen LogP contribution in [0.1, 0.15) is 38.3 Å². The molecule has 0 radical (unpaired) electrons. The van der Waals surface area contributed by atoms with E-state index in [1.807, 2.05) is 37.3 Å². The summed E-state index contributed by atoms with van der Waals surface area (Å²) in [6.45, 7) is 4.48. The van der Waals surface area contributed by atoms with Crippen LogP contribution in [0.4, 0.5) is 0 Å². The monoisotopic (exact) mass is 233 g/mol. The lowest BCUT2D eigenvalue weighted by Gasteiger charge is -2.05. The van der Waals surface area contributed by atoms with Crippen molar-refractivity contribution in [1.29, 1.82) is 0 Å². The molecule has 0 saturated carbocycles. The molecule has 1 unspecified atom stereocenters. The van der Waals surface area contributed by atoms with Crippen molar-refractivity contribution in [2.75, 3.05) is 6.61 Å². The molecular formula is C14H19NO2. The number of ether oxygens (including phenoxy) is 1. The van der Waals surface area contributed by atoms with Crippen molar-refractivity contribution in [3.05, 3.63) is 35.9 Å². The van der Waals surface area contributed by atoms with Crippen molar-refractivity contribution < 1.29 is 9.53 Å². The predicted octanol–water partition coefficient (Wildman–Crippen LogP) is 3.16. The van der Waals surface area contributed by atoms with Crippen LogP contribution in [0.2, 0.25) is 0 Å². The lowest BCUT2D eigenvalue weighted by atomic mass is 10.1. The third-order valence-corrected chi connectivity index (χ3v) is 2.43. The average Bonchev–Trinajstić information content (AvgIpc) is 2.37. The van der Waals surface area contributed by atoms with Gasteiger partial charge in [0.05, 0.1) is 12.6 Å². The molecule has 17 heavy (non-hydrogen) atoms. The van der Waals surface area contributed by atoms with E-state index in [2.05, 4.69) is 11.9 Å². The van der Waals surface area contributed by atoms with E-state index in [1.165, 1.54) is 6.21 Å². The van der Waals surface area contributed by atoms with E-state index >= 15 is 0 Å². The first kappa shape index (κ1) is 13.4. The van der Waals surface area contributed by atoms with Crippen LogP contribution in [0, 0.1) is 0 Å². The number of hydrogen-bond donors (Lipinski definition) is 0. The van der Waals surface area contributed by atoms with Crippen LogP contribution >= 0.6 is 0 Å². The van der Waals surface area contributed by atoms with Gasteiger partial charge in [-0.15, -0.1) is 0 Å². The Labute approximate surface area is 103 Å². The normalized spacial score (nSPS) is 12.6. The minimum atomic E-state index is -0.360. The maximum absolute atomic E-state index is 11.3. The number of benzene rings is 1. The fraction of sp³-hybridized carbons (Fsp3) is 0.429. The lowest BCUT2D eigenvalue weighted by Crippen LogP contribution is -2.07. The molecule has 3 nitrogen and oxygen atoms in total. The molecule has 0 aliphatic rings. The van der Waals surface area contributed by atoms with Crippen LogP contribution in [0.25, 0.3) is 0 Å². The number of carbonyl (C=O) groups excluding carboxylic acids is 1. The van der Waals surface area contributed by atoms with Gasteiger partial charge in [-0.05, 0) is 18.9 Å². The number of unbranched alkanes of at least 4 members (excludes halogenated alkanes) is 1. The first-order valence-electron chi connectivity index (χ1n) is 5.99. The minimum Gasteiger partial charge on any atom is -0.461 e. The van der Waals surface area contributed by atoms with Gasteiger partial charge in [0.15, 0.2) is 0 Å². The molecule has 0 aliphatic carbocycles. The minimum absolute atomic E-state index is 0.0186. The zero-order chi connectivity index (χ0) is 12.5. The molecule has 0 N–H and O–H groups in total. The molecule has 3 heteroatoms. The largest absolute Gasteiger partial charge is 0.461 e. The first-order valence-corrected chi connectivity index (χ1v) is 5.99. The number of esters is 1. The third-order valence-electron chi connectivity index (χ3n) is 2.43. The van der Waals surface area contributed by atoms with Crippen LogP contribution in [-0.2, 0) is 9.53 Å².